The zero-order valence-electron chi connectivity index (χ0n) is 10.8. The fourth-order valence-electron chi connectivity index (χ4n) is 2.63. The number of nitrogens with two attached hydrogens (primary N) is 1. The number of rotatable bonds is 2. The Bertz CT molecular complexity index is 493. The van der Waals surface area contributed by atoms with Crippen LogP contribution in [-0.2, 0) is 0 Å². The number of nitrogen functional groups attached to an aromatic ring is 1. The van der Waals surface area contributed by atoms with E-state index in [1.54, 1.807) is 12.1 Å². The SMILES string of the molecule is Nc1cc(Br)ccc1C(=O)N1CCN(C2CC2)CC1. The van der Waals surface area contributed by atoms with Crippen LogP contribution in [0.15, 0.2) is 22.7 Å². The van der Waals surface area contributed by atoms with Crippen molar-refractivity contribution in [3.8, 4) is 0 Å². The van der Waals surface area contributed by atoms with Crippen LogP contribution >= 0.6 is 15.9 Å². The van der Waals surface area contributed by atoms with Crippen molar-refractivity contribution < 1.29 is 4.79 Å². The Kier molecular flexibility index (Phi) is 3.50. The quantitative estimate of drug-likeness (QED) is 0.846. The summed E-state index contributed by atoms with van der Waals surface area (Å²) in [6, 6.07) is 6.24. The van der Waals surface area contributed by atoms with E-state index in [9.17, 15) is 4.79 Å². The van der Waals surface area contributed by atoms with Crippen molar-refractivity contribution in [1.82, 2.24) is 9.80 Å². The van der Waals surface area contributed by atoms with E-state index in [0.717, 1.165) is 36.7 Å². The van der Waals surface area contributed by atoms with Crippen LogP contribution in [0.4, 0.5) is 5.69 Å². The van der Waals surface area contributed by atoms with E-state index in [0.29, 0.717) is 11.3 Å². The molecule has 0 spiro atoms. The molecule has 2 N–H and O–H groups in total. The predicted molar refractivity (Wildman–Crippen MR) is 79.1 cm³/mol. The van der Waals surface area contributed by atoms with E-state index in [1.165, 1.54) is 12.8 Å². The smallest absolute Gasteiger partial charge is 0.256 e. The molecule has 0 atom stereocenters. The van der Waals surface area contributed by atoms with Crippen molar-refractivity contribution in [2.24, 2.45) is 0 Å². The van der Waals surface area contributed by atoms with Gasteiger partial charge < -0.3 is 10.6 Å². The van der Waals surface area contributed by atoms with Crippen LogP contribution in [0.25, 0.3) is 0 Å². The summed E-state index contributed by atoms with van der Waals surface area (Å²) in [5, 5.41) is 0. The van der Waals surface area contributed by atoms with E-state index in [4.69, 9.17) is 5.73 Å². The Morgan fingerprint density at radius 1 is 1.21 bits per heavy atom. The molecule has 0 bridgehead atoms. The molecule has 1 aromatic carbocycles. The maximum absolute atomic E-state index is 12.4. The summed E-state index contributed by atoms with van der Waals surface area (Å²) in [6.07, 6.45) is 2.65. The van der Waals surface area contributed by atoms with Gasteiger partial charge in [0.2, 0.25) is 0 Å². The molecule has 19 heavy (non-hydrogen) atoms. The van der Waals surface area contributed by atoms with Crippen LogP contribution in [0, 0.1) is 0 Å². The minimum Gasteiger partial charge on any atom is -0.398 e. The summed E-state index contributed by atoms with van der Waals surface area (Å²) in [5.74, 6) is 0.0560. The first-order valence-corrected chi connectivity index (χ1v) is 7.53. The summed E-state index contributed by atoms with van der Waals surface area (Å²) in [4.78, 5) is 16.8. The molecule has 0 unspecified atom stereocenters. The molecular formula is C14H18BrN3O. The average Bonchev–Trinajstić information content (AvgIpc) is 3.22. The number of nitrogens with zero attached hydrogens (tertiary/aromatic N) is 2. The second-order valence-electron chi connectivity index (χ2n) is 5.29. The Hall–Kier alpha value is -1.07. The lowest BCUT2D eigenvalue weighted by atomic mass is 10.1. The highest BCUT2D eigenvalue weighted by Crippen LogP contribution is 2.28. The van der Waals surface area contributed by atoms with Gasteiger partial charge in [0.15, 0.2) is 0 Å². The van der Waals surface area contributed by atoms with Gasteiger partial charge in [-0.2, -0.15) is 0 Å². The second-order valence-corrected chi connectivity index (χ2v) is 6.21. The van der Waals surface area contributed by atoms with Gasteiger partial charge in [0, 0.05) is 42.4 Å². The van der Waals surface area contributed by atoms with E-state index in [-0.39, 0.29) is 5.91 Å². The van der Waals surface area contributed by atoms with Crippen molar-refractivity contribution in [2.75, 3.05) is 31.9 Å². The molecule has 5 heteroatoms. The summed E-state index contributed by atoms with van der Waals surface area (Å²) in [6.45, 7) is 3.61. The molecule has 1 saturated heterocycles. The molecule has 0 radical (unpaired) electrons. The van der Waals surface area contributed by atoms with Crippen molar-refractivity contribution in [3.63, 3.8) is 0 Å². The van der Waals surface area contributed by atoms with Crippen LogP contribution in [0.5, 0.6) is 0 Å². The zero-order chi connectivity index (χ0) is 13.4. The van der Waals surface area contributed by atoms with Gasteiger partial charge in [-0.25, -0.2) is 0 Å². The summed E-state index contributed by atoms with van der Waals surface area (Å²) < 4.78 is 0.903. The van der Waals surface area contributed by atoms with Crippen molar-refractivity contribution in [2.45, 2.75) is 18.9 Å². The van der Waals surface area contributed by atoms with Gasteiger partial charge in [-0.1, -0.05) is 15.9 Å². The minimum absolute atomic E-state index is 0.0560. The molecular weight excluding hydrogens is 306 g/mol. The highest BCUT2D eigenvalue weighted by molar-refractivity contribution is 9.10. The molecule has 1 aliphatic carbocycles. The van der Waals surface area contributed by atoms with E-state index in [2.05, 4.69) is 20.8 Å². The normalized spacial score (nSPS) is 20.6. The van der Waals surface area contributed by atoms with Gasteiger partial charge in [-0.3, -0.25) is 9.69 Å². The molecule has 0 aromatic heterocycles. The number of benzene rings is 1. The lowest BCUT2D eigenvalue weighted by molar-refractivity contribution is 0.0628. The summed E-state index contributed by atoms with van der Waals surface area (Å²) in [5.41, 5.74) is 7.09. The Morgan fingerprint density at radius 2 is 1.89 bits per heavy atom. The standard InChI is InChI=1S/C14H18BrN3O/c15-10-1-4-12(13(16)9-10)14(19)18-7-5-17(6-8-18)11-2-3-11/h1,4,9,11H,2-3,5-8,16H2. The molecule has 102 valence electrons. The third kappa shape index (κ3) is 2.77. The van der Waals surface area contributed by atoms with Gasteiger partial charge in [0.1, 0.15) is 0 Å². The molecule has 1 aromatic rings. The minimum atomic E-state index is 0.0560. The van der Waals surface area contributed by atoms with Crippen LogP contribution in [0.2, 0.25) is 0 Å². The number of carbonyl (C=O) groups excluding carboxylic acids is 1. The first-order valence-electron chi connectivity index (χ1n) is 6.73. The number of carbonyl (C=O) groups is 1. The average molecular weight is 324 g/mol. The first kappa shape index (κ1) is 12.9. The van der Waals surface area contributed by atoms with Gasteiger partial charge in [0.05, 0.1) is 5.56 Å². The number of piperazine rings is 1. The number of hydrogen-bond acceptors (Lipinski definition) is 3. The van der Waals surface area contributed by atoms with E-state index >= 15 is 0 Å². The van der Waals surface area contributed by atoms with Crippen LogP contribution < -0.4 is 5.73 Å². The topological polar surface area (TPSA) is 49.6 Å². The maximum atomic E-state index is 12.4. The molecule has 2 aliphatic rings. The fraction of sp³-hybridized carbons (Fsp3) is 0.500. The number of anilines is 1. The van der Waals surface area contributed by atoms with Crippen LogP contribution in [0.1, 0.15) is 23.2 Å². The Balaban J connectivity index is 1.67. The van der Waals surface area contributed by atoms with E-state index < -0.39 is 0 Å². The first-order chi connectivity index (χ1) is 9.15. The summed E-state index contributed by atoms with van der Waals surface area (Å²) >= 11 is 3.36. The van der Waals surface area contributed by atoms with Crippen LogP contribution in [0.3, 0.4) is 0 Å². The number of amides is 1. The van der Waals surface area contributed by atoms with Crippen molar-refractivity contribution in [3.05, 3.63) is 28.2 Å². The highest BCUT2D eigenvalue weighted by atomic mass is 79.9. The number of halogens is 1. The fourth-order valence-corrected chi connectivity index (χ4v) is 3.01. The predicted octanol–water partition coefficient (Wildman–Crippen LogP) is 1.95. The molecule has 4 nitrogen and oxygen atoms in total. The summed E-state index contributed by atoms with van der Waals surface area (Å²) in [7, 11) is 0. The molecule has 1 amide bonds. The Morgan fingerprint density at radius 3 is 2.47 bits per heavy atom. The lowest BCUT2D eigenvalue weighted by Gasteiger charge is -2.35. The third-order valence-corrected chi connectivity index (χ3v) is 4.40. The van der Waals surface area contributed by atoms with Crippen molar-refractivity contribution >= 4 is 27.5 Å². The largest absolute Gasteiger partial charge is 0.398 e. The highest BCUT2D eigenvalue weighted by Gasteiger charge is 2.32. The van der Waals surface area contributed by atoms with Gasteiger partial charge >= 0.3 is 0 Å². The van der Waals surface area contributed by atoms with Gasteiger partial charge in [-0.05, 0) is 31.0 Å². The molecule has 3 rings (SSSR count). The molecule has 1 saturated carbocycles. The second kappa shape index (κ2) is 5.13. The van der Waals surface area contributed by atoms with E-state index in [1.807, 2.05) is 11.0 Å². The van der Waals surface area contributed by atoms with Gasteiger partial charge in [0.25, 0.3) is 5.91 Å². The number of hydrogen-bond donors (Lipinski definition) is 1. The lowest BCUT2D eigenvalue weighted by Crippen LogP contribution is -2.49. The molecule has 2 fully saturated rings. The zero-order valence-corrected chi connectivity index (χ0v) is 12.4. The van der Waals surface area contributed by atoms with Crippen LogP contribution in [-0.4, -0.2) is 47.9 Å². The monoisotopic (exact) mass is 323 g/mol. The third-order valence-electron chi connectivity index (χ3n) is 3.91. The Labute approximate surface area is 121 Å². The maximum Gasteiger partial charge on any atom is 0.256 e. The van der Waals surface area contributed by atoms with Crippen molar-refractivity contribution in [1.29, 1.82) is 0 Å². The van der Waals surface area contributed by atoms with Gasteiger partial charge in [-0.15, -0.1) is 0 Å². The molecule has 1 aliphatic heterocycles. The molecule has 1 heterocycles.